The first kappa shape index (κ1) is 17.4. The molecule has 1 aromatic rings. The molecule has 0 fully saturated rings. The zero-order valence-corrected chi connectivity index (χ0v) is 12.6. The molecule has 1 unspecified atom stereocenters. The third-order valence-corrected chi connectivity index (χ3v) is 3.31. The molecule has 1 atom stereocenters. The van der Waals surface area contributed by atoms with E-state index in [9.17, 15) is 19.7 Å². The number of carboxylic acid groups (broad SMARTS) is 1. The van der Waals surface area contributed by atoms with Crippen molar-refractivity contribution in [2.75, 3.05) is 13.7 Å². The lowest BCUT2D eigenvalue weighted by Crippen LogP contribution is -2.41. The summed E-state index contributed by atoms with van der Waals surface area (Å²) in [7, 11) is 1.26. The van der Waals surface area contributed by atoms with Crippen molar-refractivity contribution < 1.29 is 24.4 Å². The minimum absolute atomic E-state index is 0.0460. The molecule has 0 aliphatic rings. The molecular weight excluding hydrogens is 292 g/mol. The van der Waals surface area contributed by atoms with Gasteiger partial charge in [0.15, 0.2) is 5.75 Å². The molecule has 120 valence electrons. The van der Waals surface area contributed by atoms with Gasteiger partial charge in [-0.2, -0.15) is 0 Å². The van der Waals surface area contributed by atoms with Crippen LogP contribution in [-0.4, -0.2) is 46.5 Å². The molecule has 0 aromatic heterocycles. The molecule has 0 radical (unpaired) electrons. The van der Waals surface area contributed by atoms with Crippen molar-refractivity contribution in [2.24, 2.45) is 0 Å². The van der Waals surface area contributed by atoms with Crippen molar-refractivity contribution in [3.05, 3.63) is 33.9 Å². The van der Waals surface area contributed by atoms with Gasteiger partial charge in [-0.15, -0.1) is 0 Å². The number of hydrogen-bond donors (Lipinski definition) is 1. The molecule has 1 aromatic carbocycles. The van der Waals surface area contributed by atoms with Gasteiger partial charge in [0.05, 0.1) is 12.0 Å². The highest BCUT2D eigenvalue weighted by Crippen LogP contribution is 2.28. The lowest BCUT2D eigenvalue weighted by atomic mass is 10.1. The summed E-state index contributed by atoms with van der Waals surface area (Å²) < 4.78 is 4.92. The monoisotopic (exact) mass is 310 g/mol. The molecule has 1 N–H and O–H groups in total. The summed E-state index contributed by atoms with van der Waals surface area (Å²) in [6.45, 7) is 3.14. The Morgan fingerprint density at radius 1 is 1.45 bits per heavy atom. The Balaban J connectivity index is 3.18. The Labute approximate surface area is 127 Å². The van der Waals surface area contributed by atoms with Crippen LogP contribution in [0.4, 0.5) is 5.69 Å². The quantitative estimate of drug-likeness (QED) is 0.608. The first-order chi connectivity index (χ1) is 10.3. The normalized spacial score (nSPS) is 11.6. The van der Waals surface area contributed by atoms with Gasteiger partial charge < -0.3 is 14.7 Å². The molecule has 0 spiro atoms. The number of methoxy groups -OCH3 is 1. The summed E-state index contributed by atoms with van der Waals surface area (Å²) in [4.78, 5) is 34.8. The SMILES string of the molecule is CCC(C)N(CC(=O)O)C(=O)c1ccc([N+](=O)[O-])c(OC)c1. The number of aliphatic carboxylic acids is 1. The molecule has 0 heterocycles. The Morgan fingerprint density at radius 2 is 2.09 bits per heavy atom. The number of carbonyl (C=O) groups is 2. The topological polar surface area (TPSA) is 110 Å². The van der Waals surface area contributed by atoms with Crippen molar-refractivity contribution in [3.8, 4) is 5.75 Å². The van der Waals surface area contributed by atoms with E-state index in [4.69, 9.17) is 9.84 Å². The van der Waals surface area contributed by atoms with Crippen LogP contribution in [-0.2, 0) is 4.79 Å². The average Bonchev–Trinajstić information content (AvgIpc) is 2.50. The first-order valence-electron chi connectivity index (χ1n) is 6.67. The van der Waals surface area contributed by atoms with E-state index in [2.05, 4.69) is 0 Å². The second-order valence-electron chi connectivity index (χ2n) is 4.73. The fourth-order valence-corrected chi connectivity index (χ4v) is 1.92. The third-order valence-electron chi connectivity index (χ3n) is 3.31. The molecule has 1 amide bonds. The van der Waals surface area contributed by atoms with Gasteiger partial charge in [-0.1, -0.05) is 6.92 Å². The van der Waals surface area contributed by atoms with Crippen molar-refractivity contribution >= 4 is 17.6 Å². The second-order valence-corrected chi connectivity index (χ2v) is 4.73. The molecule has 0 aliphatic carbocycles. The summed E-state index contributed by atoms with van der Waals surface area (Å²) in [6.07, 6.45) is 0.586. The molecule has 1 rings (SSSR count). The van der Waals surface area contributed by atoms with Crippen LogP contribution < -0.4 is 4.74 Å². The summed E-state index contributed by atoms with van der Waals surface area (Å²) in [6, 6.07) is 3.43. The van der Waals surface area contributed by atoms with E-state index in [0.717, 1.165) is 0 Å². The number of amides is 1. The van der Waals surface area contributed by atoms with E-state index in [-0.39, 0.29) is 23.0 Å². The van der Waals surface area contributed by atoms with E-state index >= 15 is 0 Å². The smallest absolute Gasteiger partial charge is 0.323 e. The molecule has 0 aliphatic heterocycles. The average molecular weight is 310 g/mol. The highest BCUT2D eigenvalue weighted by atomic mass is 16.6. The van der Waals surface area contributed by atoms with Crippen molar-refractivity contribution in [2.45, 2.75) is 26.3 Å². The fourth-order valence-electron chi connectivity index (χ4n) is 1.92. The largest absolute Gasteiger partial charge is 0.490 e. The van der Waals surface area contributed by atoms with Crippen LogP contribution >= 0.6 is 0 Å². The summed E-state index contributed by atoms with van der Waals surface area (Å²) in [5.41, 5.74) is -0.114. The fraction of sp³-hybridized carbons (Fsp3) is 0.429. The van der Waals surface area contributed by atoms with Gasteiger partial charge in [0.2, 0.25) is 0 Å². The highest BCUT2D eigenvalue weighted by Gasteiger charge is 2.25. The van der Waals surface area contributed by atoms with Crippen LogP contribution in [0.1, 0.15) is 30.6 Å². The molecule has 0 bridgehead atoms. The number of hydrogen-bond acceptors (Lipinski definition) is 5. The van der Waals surface area contributed by atoms with Gasteiger partial charge in [-0.05, 0) is 19.4 Å². The minimum atomic E-state index is -1.12. The van der Waals surface area contributed by atoms with Crippen LogP contribution in [0.25, 0.3) is 0 Å². The number of carbonyl (C=O) groups excluding carboxylic acids is 1. The summed E-state index contributed by atoms with van der Waals surface area (Å²) in [5, 5.41) is 19.8. The number of benzene rings is 1. The van der Waals surface area contributed by atoms with Crippen LogP contribution in [0.15, 0.2) is 18.2 Å². The molecule has 8 heteroatoms. The standard InChI is InChI=1S/C14H18N2O6/c1-4-9(2)15(8-13(17)18)14(19)10-5-6-11(16(20)21)12(7-10)22-3/h5-7,9H,4,8H2,1-3H3,(H,17,18). The first-order valence-corrected chi connectivity index (χ1v) is 6.67. The third kappa shape index (κ3) is 3.94. The van der Waals surface area contributed by atoms with Crippen LogP contribution in [0.5, 0.6) is 5.75 Å². The van der Waals surface area contributed by atoms with Crippen LogP contribution in [0.2, 0.25) is 0 Å². The lowest BCUT2D eigenvalue weighted by Gasteiger charge is -2.27. The number of nitro groups is 1. The number of nitrogens with zero attached hydrogens (tertiary/aromatic N) is 2. The Bertz CT molecular complexity index is 587. The minimum Gasteiger partial charge on any atom is -0.490 e. The zero-order chi connectivity index (χ0) is 16.9. The Hall–Kier alpha value is -2.64. The summed E-state index contributed by atoms with van der Waals surface area (Å²) >= 11 is 0. The van der Waals surface area contributed by atoms with Gasteiger partial charge in [0.25, 0.3) is 5.91 Å². The summed E-state index contributed by atoms with van der Waals surface area (Å²) in [5.74, 6) is -1.68. The predicted molar refractivity (Wildman–Crippen MR) is 78.1 cm³/mol. The molecule has 22 heavy (non-hydrogen) atoms. The van der Waals surface area contributed by atoms with Crippen molar-refractivity contribution in [1.29, 1.82) is 0 Å². The number of ether oxygens (including phenoxy) is 1. The molecule has 8 nitrogen and oxygen atoms in total. The van der Waals surface area contributed by atoms with Gasteiger partial charge >= 0.3 is 11.7 Å². The van der Waals surface area contributed by atoms with Gasteiger partial charge in [0.1, 0.15) is 6.54 Å². The van der Waals surface area contributed by atoms with Gasteiger partial charge in [-0.3, -0.25) is 19.7 Å². The second kappa shape index (κ2) is 7.39. The molecular formula is C14H18N2O6. The van der Waals surface area contributed by atoms with E-state index in [1.54, 1.807) is 6.92 Å². The Kier molecular flexibility index (Phi) is 5.85. The molecule has 0 saturated heterocycles. The number of carboxylic acids is 1. The maximum Gasteiger partial charge on any atom is 0.323 e. The van der Waals surface area contributed by atoms with E-state index in [1.165, 1.54) is 30.2 Å². The van der Waals surface area contributed by atoms with E-state index in [0.29, 0.717) is 6.42 Å². The number of nitro benzene ring substituents is 1. The zero-order valence-electron chi connectivity index (χ0n) is 12.6. The lowest BCUT2D eigenvalue weighted by molar-refractivity contribution is -0.385. The maximum absolute atomic E-state index is 12.5. The van der Waals surface area contributed by atoms with Crippen molar-refractivity contribution in [3.63, 3.8) is 0 Å². The van der Waals surface area contributed by atoms with E-state index in [1.807, 2.05) is 6.92 Å². The van der Waals surface area contributed by atoms with E-state index < -0.39 is 23.3 Å². The number of rotatable bonds is 7. The predicted octanol–water partition coefficient (Wildman–Crippen LogP) is 1.93. The van der Waals surface area contributed by atoms with Crippen LogP contribution in [0.3, 0.4) is 0 Å². The highest BCUT2D eigenvalue weighted by molar-refractivity contribution is 5.96. The maximum atomic E-state index is 12.5. The van der Waals surface area contributed by atoms with Gasteiger partial charge in [-0.25, -0.2) is 0 Å². The van der Waals surface area contributed by atoms with Gasteiger partial charge in [0, 0.05) is 23.7 Å². The Morgan fingerprint density at radius 3 is 2.55 bits per heavy atom. The molecule has 0 saturated carbocycles. The van der Waals surface area contributed by atoms with Crippen LogP contribution in [0, 0.1) is 10.1 Å². The van der Waals surface area contributed by atoms with Crippen molar-refractivity contribution in [1.82, 2.24) is 4.90 Å².